The van der Waals surface area contributed by atoms with E-state index in [9.17, 15) is 5.11 Å². The van der Waals surface area contributed by atoms with Gasteiger partial charge in [0.15, 0.2) is 12.1 Å². The summed E-state index contributed by atoms with van der Waals surface area (Å²) >= 11 is 0. The Kier molecular flexibility index (Phi) is 2.77. The second-order valence-electron chi connectivity index (χ2n) is 4.50. The van der Waals surface area contributed by atoms with Crippen molar-refractivity contribution in [3.8, 4) is 0 Å². The Balaban J connectivity index is 2.19. The zero-order valence-electron chi connectivity index (χ0n) is 9.47. The molecule has 0 saturated carbocycles. The standard InChI is InChI=1S/C10H18O5/c1-5-6(12-4)7-8(9(11)13-5)15-10(2,3)14-7/h5-9,11H,1-4H3/t5-,6-,7+,8+,9?/m0/s1. The lowest BCUT2D eigenvalue weighted by Gasteiger charge is -2.38. The fourth-order valence-corrected chi connectivity index (χ4v) is 2.26. The van der Waals surface area contributed by atoms with Crippen LogP contribution in [0.1, 0.15) is 20.8 Å². The van der Waals surface area contributed by atoms with Crippen LogP contribution in [0.2, 0.25) is 0 Å². The van der Waals surface area contributed by atoms with E-state index in [4.69, 9.17) is 18.9 Å². The number of rotatable bonds is 1. The third kappa shape index (κ3) is 1.90. The molecule has 2 aliphatic rings. The molecular weight excluding hydrogens is 200 g/mol. The van der Waals surface area contributed by atoms with Crippen LogP contribution in [0.5, 0.6) is 0 Å². The molecule has 2 heterocycles. The van der Waals surface area contributed by atoms with Gasteiger partial charge in [-0.2, -0.15) is 0 Å². The van der Waals surface area contributed by atoms with Crippen LogP contribution < -0.4 is 0 Å². The highest BCUT2D eigenvalue weighted by molar-refractivity contribution is 4.95. The van der Waals surface area contributed by atoms with Gasteiger partial charge in [-0.25, -0.2) is 0 Å². The Hall–Kier alpha value is -0.200. The first kappa shape index (κ1) is 11.3. The van der Waals surface area contributed by atoms with E-state index in [1.54, 1.807) is 7.11 Å². The van der Waals surface area contributed by atoms with Gasteiger partial charge in [0.1, 0.15) is 18.3 Å². The van der Waals surface area contributed by atoms with E-state index in [0.29, 0.717) is 0 Å². The maximum atomic E-state index is 9.71. The van der Waals surface area contributed by atoms with Crippen molar-refractivity contribution in [2.45, 2.75) is 57.3 Å². The molecular formula is C10H18O5. The molecule has 0 bridgehead atoms. The van der Waals surface area contributed by atoms with Crippen molar-refractivity contribution in [1.82, 2.24) is 0 Å². The molecule has 2 rings (SSSR count). The smallest absolute Gasteiger partial charge is 0.184 e. The molecule has 0 radical (unpaired) electrons. The average Bonchev–Trinajstić information content (AvgIpc) is 2.42. The second-order valence-corrected chi connectivity index (χ2v) is 4.50. The van der Waals surface area contributed by atoms with Gasteiger partial charge in [0.25, 0.3) is 0 Å². The van der Waals surface area contributed by atoms with E-state index in [1.807, 2.05) is 20.8 Å². The summed E-state index contributed by atoms with van der Waals surface area (Å²) in [4.78, 5) is 0. The van der Waals surface area contributed by atoms with Crippen LogP contribution in [0.3, 0.4) is 0 Å². The highest BCUT2D eigenvalue weighted by Crippen LogP contribution is 2.37. The Morgan fingerprint density at radius 3 is 2.40 bits per heavy atom. The molecule has 5 nitrogen and oxygen atoms in total. The van der Waals surface area contributed by atoms with E-state index in [-0.39, 0.29) is 18.3 Å². The van der Waals surface area contributed by atoms with E-state index >= 15 is 0 Å². The van der Waals surface area contributed by atoms with Crippen molar-refractivity contribution in [2.75, 3.05) is 7.11 Å². The number of hydrogen-bond acceptors (Lipinski definition) is 5. The van der Waals surface area contributed by atoms with Gasteiger partial charge in [0.2, 0.25) is 0 Å². The molecule has 15 heavy (non-hydrogen) atoms. The molecule has 0 aromatic rings. The molecule has 1 N–H and O–H groups in total. The molecule has 88 valence electrons. The van der Waals surface area contributed by atoms with Gasteiger partial charge in [-0.3, -0.25) is 0 Å². The molecule has 1 unspecified atom stereocenters. The van der Waals surface area contributed by atoms with E-state index in [0.717, 1.165) is 0 Å². The summed E-state index contributed by atoms with van der Waals surface area (Å²) in [5.74, 6) is -0.694. The summed E-state index contributed by atoms with van der Waals surface area (Å²) in [5, 5.41) is 9.71. The molecule has 0 spiro atoms. The largest absolute Gasteiger partial charge is 0.376 e. The summed E-state index contributed by atoms with van der Waals surface area (Å²) in [7, 11) is 1.61. The minimum atomic E-state index is -0.946. The summed E-state index contributed by atoms with van der Waals surface area (Å²) in [6.45, 7) is 5.48. The number of aliphatic hydroxyl groups excluding tert-OH is 1. The lowest BCUT2D eigenvalue weighted by atomic mass is 10.00. The maximum absolute atomic E-state index is 9.71. The molecule has 0 aliphatic carbocycles. The third-order valence-corrected chi connectivity index (χ3v) is 2.86. The summed E-state index contributed by atoms with van der Waals surface area (Å²) in [6, 6.07) is 0. The van der Waals surface area contributed by atoms with Crippen molar-refractivity contribution < 1.29 is 24.1 Å². The topological polar surface area (TPSA) is 57.2 Å². The normalized spacial score (nSPS) is 49.0. The highest BCUT2D eigenvalue weighted by atomic mass is 16.8. The molecule has 0 aromatic heterocycles. The van der Waals surface area contributed by atoms with E-state index in [1.165, 1.54) is 0 Å². The Labute approximate surface area is 89.3 Å². The lowest BCUT2D eigenvalue weighted by molar-refractivity contribution is -0.256. The zero-order chi connectivity index (χ0) is 11.2. The van der Waals surface area contributed by atoms with Gasteiger partial charge < -0.3 is 24.1 Å². The minimum absolute atomic E-state index is 0.205. The fraction of sp³-hybridized carbons (Fsp3) is 1.00. The van der Waals surface area contributed by atoms with Gasteiger partial charge in [0, 0.05) is 7.11 Å². The van der Waals surface area contributed by atoms with Crippen LogP contribution in [0.4, 0.5) is 0 Å². The summed E-state index contributed by atoms with van der Waals surface area (Å²) in [6.07, 6.45) is -2.10. The van der Waals surface area contributed by atoms with Gasteiger partial charge >= 0.3 is 0 Å². The zero-order valence-corrected chi connectivity index (χ0v) is 9.47. The Morgan fingerprint density at radius 2 is 1.80 bits per heavy atom. The highest BCUT2D eigenvalue weighted by Gasteiger charge is 2.54. The van der Waals surface area contributed by atoms with Gasteiger partial charge in [0.05, 0.1) is 6.10 Å². The van der Waals surface area contributed by atoms with Crippen molar-refractivity contribution in [3.63, 3.8) is 0 Å². The molecule has 2 aliphatic heterocycles. The van der Waals surface area contributed by atoms with Crippen LogP contribution in [0.25, 0.3) is 0 Å². The average molecular weight is 218 g/mol. The van der Waals surface area contributed by atoms with E-state index < -0.39 is 18.2 Å². The number of ether oxygens (including phenoxy) is 4. The molecule has 2 fully saturated rings. The molecule has 5 heteroatoms. The van der Waals surface area contributed by atoms with Crippen molar-refractivity contribution in [1.29, 1.82) is 0 Å². The fourth-order valence-electron chi connectivity index (χ4n) is 2.26. The number of hydrogen-bond donors (Lipinski definition) is 1. The van der Waals surface area contributed by atoms with Gasteiger partial charge in [-0.15, -0.1) is 0 Å². The minimum Gasteiger partial charge on any atom is -0.376 e. The van der Waals surface area contributed by atoms with Gasteiger partial charge in [-0.1, -0.05) is 0 Å². The summed E-state index contributed by atoms with van der Waals surface area (Å²) < 4.78 is 21.9. The predicted molar refractivity (Wildman–Crippen MR) is 51.2 cm³/mol. The van der Waals surface area contributed by atoms with Crippen LogP contribution in [0, 0.1) is 0 Å². The summed E-state index contributed by atoms with van der Waals surface area (Å²) in [5.41, 5.74) is 0. The second kappa shape index (κ2) is 3.68. The molecule has 5 atom stereocenters. The third-order valence-electron chi connectivity index (χ3n) is 2.86. The number of methoxy groups -OCH3 is 1. The van der Waals surface area contributed by atoms with Crippen molar-refractivity contribution >= 4 is 0 Å². The SMILES string of the molecule is CO[C@@H]1[C@H]2OC(C)(C)O[C@H]2C(O)O[C@H]1C. The lowest BCUT2D eigenvalue weighted by Crippen LogP contribution is -2.55. The first-order chi connectivity index (χ1) is 6.94. The van der Waals surface area contributed by atoms with E-state index in [2.05, 4.69) is 0 Å². The first-order valence-electron chi connectivity index (χ1n) is 5.16. The predicted octanol–water partition coefficient (Wildman–Crippen LogP) is 0.259. The van der Waals surface area contributed by atoms with Gasteiger partial charge in [-0.05, 0) is 20.8 Å². The number of aliphatic hydroxyl groups is 1. The number of fused-ring (bicyclic) bond motifs is 1. The molecule has 0 aromatic carbocycles. The van der Waals surface area contributed by atoms with Crippen LogP contribution in [-0.2, 0) is 18.9 Å². The molecule has 0 amide bonds. The van der Waals surface area contributed by atoms with Crippen LogP contribution in [0.15, 0.2) is 0 Å². The van der Waals surface area contributed by atoms with Crippen LogP contribution >= 0.6 is 0 Å². The quantitative estimate of drug-likeness (QED) is 0.684. The monoisotopic (exact) mass is 218 g/mol. The van der Waals surface area contributed by atoms with Crippen LogP contribution in [-0.4, -0.2) is 48.7 Å². The molecule has 2 saturated heterocycles. The maximum Gasteiger partial charge on any atom is 0.184 e. The van der Waals surface area contributed by atoms with Crippen molar-refractivity contribution in [2.24, 2.45) is 0 Å². The van der Waals surface area contributed by atoms with Crippen molar-refractivity contribution in [3.05, 3.63) is 0 Å². The Morgan fingerprint density at radius 1 is 1.20 bits per heavy atom. The first-order valence-corrected chi connectivity index (χ1v) is 5.16. The Bertz CT molecular complexity index is 242.